The Kier molecular flexibility index (Phi) is 5.38. The molecule has 0 aromatic heterocycles. The van der Waals surface area contributed by atoms with Gasteiger partial charge in [0.05, 0.1) is 13.2 Å². The molecule has 0 fully saturated rings. The summed E-state index contributed by atoms with van der Waals surface area (Å²) in [6.07, 6.45) is 0. The third-order valence-corrected chi connectivity index (χ3v) is 8.68. The van der Waals surface area contributed by atoms with Gasteiger partial charge in [-0.1, -0.05) is 76.6 Å². The Hall–Kier alpha value is -2.17. The molecular weight excluding hydrogens is 477 g/mol. The van der Waals surface area contributed by atoms with Crippen LogP contribution in [-0.4, -0.2) is 0 Å². The molecule has 0 saturated carbocycles. The fourth-order valence-electron chi connectivity index (χ4n) is 3.65. The second-order valence-electron chi connectivity index (χ2n) is 7.12. The van der Waals surface area contributed by atoms with E-state index in [9.17, 15) is 0 Å². The van der Waals surface area contributed by atoms with Gasteiger partial charge < -0.3 is 4.52 Å². The molecule has 0 spiro atoms. The lowest BCUT2D eigenvalue weighted by Gasteiger charge is -2.40. The quantitative estimate of drug-likeness (QED) is 0.274. The molecule has 30 heavy (non-hydrogen) atoms. The SMILES string of the molecule is S=P1(OCc2ccccc2)Oc2ccc3ccccc3c2CN1c1ccc(Br)cc1. The highest BCUT2D eigenvalue weighted by molar-refractivity contribution is 9.10. The van der Waals surface area contributed by atoms with E-state index in [1.807, 2.05) is 48.5 Å². The number of nitrogens with zero attached hydrogens (tertiary/aromatic N) is 1. The Balaban J connectivity index is 1.57. The summed E-state index contributed by atoms with van der Waals surface area (Å²) in [5, 5.41) is 2.37. The van der Waals surface area contributed by atoms with Crippen LogP contribution in [0.15, 0.2) is 95.5 Å². The average molecular weight is 496 g/mol. The van der Waals surface area contributed by atoms with Crippen molar-refractivity contribution in [3.63, 3.8) is 0 Å². The van der Waals surface area contributed by atoms with Gasteiger partial charge >= 0.3 is 6.64 Å². The topological polar surface area (TPSA) is 21.7 Å². The fraction of sp³-hybridized carbons (Fsp3) is 0.0833. The highest BCUT2D eigenvalue weighted by Crippen LogP contribution is 2.60. The normalized spacial score (nSPS) is 18.1. The summed E-state index contributed by atoms with van der Waals surface area (Å²) >= 11 is 9.59. The fourth-order valence-corrected chi connectivity index (χ4v) is 6.52. The standard InChI is InChI=1S/C24H19BrNO2PS/c25-20-11-13-21(14-12-20)26-16-23-22-9-5-4-8-19(22)10-15-24(23)28-29(26,30)27-17-18-6-2-1-3-7-18/h1-15H,16-17H2. The number of hydrogen-bond donors (Lipinski definition) is 0. The summed E-state index contributed by atoms with van der Waals surface area (Å²) in [6.45, 7) is -1.73. The Morgan fingerprint density at radius 3 is 2.43 bits per heavy atom. The second kappa shape index (κ2) is 8.16. The molecule has 4 aromatic rings. The van der Waals surface area contributed by atoms with Crippen LogP contribution in [0.2, 0.25) is 0 Å². The van der Waals surface area contributed by atoms with E-state index in [2.05, 4.69) is 63.1 Å². The predicted molar refractivity (Wildman–Crippen MR) is 130 cm³/mol. The lowest BCUT2D eigenvalue weighted by Crippen LogP contribution is -2.28. The summed E-state index contributed by atoms with van der Waals surface area (Å²) in [4.78, 5) is 0. The first-order valence-electron chi connectivity index (χ1n) is 9.65. The van der Waals surface area contributed by atoms with E-state index in [0.29, 0.717) is 13.2 Å². The molecule has 0 bridgehead atoms. The molecule has 0 saturated heterocycles. The van der Waals surface area contributed by atoms with E-state index in [-0.39, 0.29) is 0 Å². The minimum atomic E-state index is -2.79. The molecule has 0 aliphatic carbocycles. The maximum atomic E-state index is 6.46. The van der Waals surface area contributed by atoms with E-state index >= 15 is 0 Å². The van der Waals surface area contributed by atoms with Gasteiger partial charge in [0.25, 0.3) is 0 Å². The van der Waals surface area contributed by atoms with Crippen LogP contribution >= 0.6 is 22.6 Å². The Labute approximate surface area is 189 Å². The lowest BCUT2D eigenvalue weighted by molar-refractivity contribution is 0.294. The third-order valence-electron chi connectivity index (χ3n) is 5.18. The van der Waals surface area contributed by atoms with Gasteiger partial charge in [0.15, 0.2) is 0 Å². The first-order chi connectivity index (χ1) is 14.6. The Morgan fingerprint density at radius 1 is 0.900 bits per heavy atom. The third kappa shape index (κ3) is 3.79. The summed E-state index contributed by atoms with van der Waals surface area (Å²) in [7, 11) is 0. The van der Waals surface area contributed by atoms with Crippen molar-refractivity contribution >= 4 is 50.8 Å². The van der Waals surface area contributed by atoms with Crippen LogP contribution in [0.5, 0.6) is 5.75 Å². The van der Waals surface area contributed by atoms with Crippen LogP contribution in [0.3, 0.4) is 0 Å². The van der Waals surface area contributed by atoms with Gasteiger partial charge in [-0.2, -0.15) is 0 Å². The van der Waals surface area contributed by atoms with Crippen molar-refractivity contribution in [2.75, 3.05) is 4.67 Å². The lowest BCUT2D eigenvalue weighted by atomic mass is 10.0. The first kappa shape index (κ1) is 19.8. The molecule has 0 N–H and O–H groups in total. The van der Waals surface area contributed by atoms with Crippen LogP contribution in [-0.2, 0) is 29.5 Å². The predicted octanol–water partition coefficient (Wildman–Crippen LogP) is 7.44. The molecule has 150 valence electrons. The minimum absolute atomic E-state index is 0.411. The van der Waals surface area contributed by atoms with Crippen molar-refractivity contribution in [1.29, 1.82) is 0 Å². The molecule has 1 aliphatic rings. The van der Waals surface area contributed by atoms with E-state index < -0.39 is 6.64 Å². The first-order valence-corrected chi connectivity index (χ1v) is 13.0. The van der Waals surface area contributed by atoms with Crippen molar-refractivity contribution in [3.8, 4) is 5.75 Å². The van der Waals surface area contributed by atoms with Crippen LogP contribution < -0.4 is 9.19 Å². The molecule has 1 heterocycles. The van der Waals surface area contributed by atoms with Gasteiger partial charge in [0.1, 0.15) is 5.75 Å². The zero-order chi connectivity index (χ0) is 20.6. The maximum absolute atomic E-state index is 6.46. The number of rotatable bonds is 4. The smallest absolute Gasteiger partial charge is 0.342 e. The molecule has 0 radical (unpaired) electrons. The Bertz CT molecular complexity index is 1250. The van der Waals surface area contributed by atoms with E-state index in [4.69, 9.17) is 20.9 Å². The number of hydrogen-bond acceptors (Lipinski definition) is 3. The minimum Gasteiger partial charge on any atom is -0.428 e. The van der Waals surface area contributed by atoms with Crippen LogP contribution in [0.4, 0.5) is 5.69 Å². The maximum Gasteiger partial charge on any atom is 0.342 e. The van der Waals surface area contributed by atoms with Crippen molar-refractivity contribution in [3.05, 3.63) is 107 Å². The van der Waals surface area contributed by atoms with Gasteiger partial charge in [-0.15, -0.1) is 0 Å². The van der Waals surface area contributed by atoms with Gasteiger partial charge in [-0.05, 0) is 58.5 Å². The zero-order valence-electron chi connectivity index (χ0n) is 16.1. The van der Waals surface area contributed by atoms with Crippen LogP contribution in [0.1, 0.15) is 11.1 Å². The summed E-state index contributed by atoms with van der Waals surface area (Å²) in [5.41, 5.74) is 3.21. The molecule has 6 heteroatoms. The number of fused-ring (bicyclic) bond motifs is 3. The van der Waals surface area contributed by atoms with Crippen molar-refractivity contribution in [2.24, 2.45) is 0 Å². The summed E-state index contributed by atoms with van der Waals surface area (Å²) < 4.78 is 15.9. The van der Waals surface area contributed by atoms with Crippen LogP contribution in [0, 0.1) is 0 Å². The average Bonchev–Trinajstić information content (AvgIpc) is 2.79. The highest BCUT2D eigenvalue weighted by atomic mass is 79.9. The van der Waals surface area contributed by atoms with Gasteiger partial charge in [-0.3, -0.25) is 9.19 Å². The second-order valence-corrected chi connectivity index (χ2v) is 11.3. The molecule has 4 aromatic carbocycles. The van der Waals surface area contributed by atoms with Crippen molar-refractivity contribution in [2.45, 2.75) is 13.2 Å². The molecule has 5 rings (SSSR count). The van der Waals surface area contributed by atoms with Crippen molar-refractivity contribution < 1.29 is 9.05 Å². The molecule has 1 unspecified atom stereocenters. The zero-order valence-corrected chi connectivity index (χ0v) is 19.4. The van der Waals surface area contributed by atoms with E-state index in [1.165, 1.54) is 10.8 Å². The highest BCUT2D eigenvalue weighted by Gasteiger charge is 2.37. The van der Waals surface area contributed by atoms with Gasteiger partial charge in [0, 0.05) is 15.7 Å². The molecular formula is C24H19BrNO2PS. The number of anilines is 1. The Morgan fingerprint density at radius 2 is 1.63 bits per heavy atom. The largest absolute Gasteiger partial charge is 0.428 e. The van der Waals surface area contributed by atoms with E-state index in [0.717, 1.165) is 27.0 Å². The summed E-state index contributed by atoms with van der Waals surface area (Å²) in [5.74, 6) is 0.818. The number of benzene rings is 4. The molecule has 0 amide bonds. The van der Waals surface area contributed by atoms with Gasteiger partial charge in [0.2, 0.25) is 0 Å². The van der Waals surface area contributed by atoms with Gasteiger partial charge in [-0.25, -0.2) is 0 Å². The molecule has 1 aliphatic heterocycles. The molecule has 1 atom stereocenters. The van der Waals surface area contributed by atoms with Crippen LogP contribution in [0.25, 0.3) is 10.8 Å². The molecule has 3 nitrogen and oxygen atoms in total. The van der Waals surface area contributed by atoms with Crippen molar-refractivity contribution in [1.82, 2.24) is 0 Å². The summed E-state index contributed by atoms with van der Waals surface area (Å²) in [6, 6.07) is 30.7. The van der Waals surface area contributed by atoms with E-state index in [1.54, 1.807) is 0 Å². The number of halogens is 1. The monoisotopic (exact) mass is 495 g/mol.